The van der Waals surface area contributed by atoms with Gasteiger partial charge in [0.2, 0.25) is 17.6 Å². The van der Waals surface area contributed by atoms with Gasteiger partial charge in [0.15, 0.2) is 0 Å². The van der Waals surface area contributed by atoms with Crippen LogP contribution < -0.4 is 16.0 Å². The Labute approximate surface area is 260 Å². The van der Waals surface area contributed by atoms with Gasteiger partial charge in [-0.05, 0) is 44.7 Å². The third kappa shape index (κ3) is 9.95. The Bertz CT molecular complexity index is 1460. The number of rotatable bonds is 13. The molecule has 0 bridgehead atoms. The van der Waals surface area contributed by atoms with Crippen LogP contribution in [0.15, 0.2) is 40.4 Å². The number of ether oxygens (including phenoxy) is 1. The maximum Gasteiger partial charge on any atom is 0.290 e. The minimum atomic E-state index is -1.48. The van der Waals surface area contributed by atoms with Gasteiger partial charge < -0.3 is 35.2 Å². The lowest BCUT2D eigenvalue weighted by Gasteiger charge is -2.25. The van der Waals surface area contributed by atoms with Gasteiger partial charge in [-0.3, -0.25) is 19.2 Å². The Morgan fingerprint density at radius 1 is 1.20 bits per heavy atom. The van der Waals surface area contributed by atoms with Crippen molar-refractivity contribution in [3.8, 4) is 6.07 Å². The summed E-state index contributed by atoms with van der Waals surface area (Å²) in [4.78, 5) is 53.4. The number of nitriles is 1. The van der Waals surface area contributed by atoms with E-state index in [0.29, 0.717) is 24.2 Å². The number of benzene rings is 1. The summed E-state index contributed by atoms with van der Waals surface area (Å²) in [7, 11) is 0. The maximum absolute atomic E-state index is 14.4. The molecule has 4 atom stereocenters. The van der Waals surface area contributed by atoms with E-state index in [1.54, 1.807) is 26.0 Å². The van der Waals surface area contributed by atoms with E-state index in [2.05, 4.69) is 21.1 Å². The van der Waals surface area contributed by atoms with Gasteiger partial charge in [-0.2, -0.15) is 5.26 Å². The molecule has 1 aliphatic heterocycles. The molecule has 3 rings (SSSR count). The molecule has 242 valence electrons. The minimum absolute atomic E-state index is 0.00429. The highest BCUT2D eigenvalue weighted by Crippen LogP contribution is 2.17. The second-order valence-electron chi connectivity index (χ2n) is 11.3. The predicted molar refractivity (Wildman–Crippen MR) is 159 cm³/mol. The van der Waals surface area contributed by atoms with Crippen molar-refractivity contribution in [3.05, 3.63) is 64.3 Å². The van der Waals surface area contributed by atoms with Gasteiger partial charge in [0.25, 0.3) is 11.8 Å². The van der Waals surface area contributed by atoms with Crippen molar-refractivity contribution in [3.63, 3.8) is 0 Å². The monoisotopic (exact) mass is 626 g/mol. The number of aliphatic hydroxyl groups excluding tert-OH is 1. The van der Waals surface area contributed by atoms with E-state index in [0.717, 1.165) is 0 Å². The van der Waals surface area contributed by atoms with E-state index >= 15 is 0 Å². The molecule has 14 heteroatoms. The van der Waals surface area contributed by atoms with E-state index in [9.17, 15) is 33.9 Å². The smallest absolute Gasteiger partial charge is 0.290 e. The van der Waals surface area contributed by atoms with Gasteiger partial charge in [-0.25, -0.2) is 4.39 Å². The minimum Gasteiger partial charge on any atom is -0.391 e. The number of allylic oxidation sites excluding steroid dienone is 1. The summed E-state index contributed by atoms with van der Waals surface area (Å²) < 4.78 is 25.2. The first-order valence-corrected chi connectivity index (χ1v) is 14.6. The van der Waals surface area contributed by atoms with Crippen LogP contribution in [0.25, 0.3) is 0 Å². The second kappa shape index (κ2) is 15.9. The molecule has 1 aliphatic rings. The van der Waals surface area contributed by atoms with Crippen molar-refractivity contribution in [2.45, 2.75) is 71.9 Å². The molecule has 1 fully saturated rings. The lowest BCUT2D eigenvalue weighted by Crippen LogP contribution is -2.58. The Hall–Kier alpha value is -4.61. The van der Waals surface area contributed by atoms with E-state index in [1.807, 2.05) is 19.9 Å². The fraction of sp³-hybridized carbons (Fsp3) is 0.484. The number of nitrogens with one attached hydrogen (secondary N) is 3. The van der Waals surface area contributed by atoms with Gasteiger partial charge in [0.1, 0.15) is 29.5 Å². The predicted octanol–water partition coefficient (Wildman–Crippen LogP) is 1.43. The Morgan fingerprint density at radius 2 is 1.93 bits per heavy atom. The Morgan fingerprint density at radius 3 is 2.53 bits per heavy atom. The highest BCUT2D eigenvalue weighted by atomic mass is 19.1. The van der Waals surface area contributed by atoms with E-state index < -0.39 is 53.7 Å². The first-order valence-electron chi connectivity index (χ1n) is 14.6. The van der Waals surface area contributed by atoms with E-state index in [-0.39, 0.29) is 42.5 Å². The maximum atomic E-state index is 14.4. The number of halogens is 1. The van der Waals surface area contributed by atoms with E-state index in [4.69, 9.17) is 9.26 Å². The third-order valence-corrected chi connectivity index (χ3v) is 6.98. The number of hydrogen-bond donors (Lipinski definition) is 4. The summed E-state index contributed by atoms with van der Waals surface area (Å²) in [6.07, 6.45) is 0.138. The van der Waals surface area contributed by atoms with Crippen LogP contribution in [0.2, 0.25) is 0 Å². The molecule has 0 spiro atoms. The molecule has 2 heterocycles. The number of carbonyl (C=O) groups is 4. The molecule has 1 aromatic carbocycles. The number of aromatic nitrogens is 1. The number of carbonyl (C=O) groups excluding carboxylic acids is 4. The zero-order valence-corrected chi connectivity index (χ0v) is 25.9. The Balaban J connectivity index is 1.71. The summed E-state index contributed by atoms with van der Waals surface area (Å²) in [6.45, 7) is 8.31. The van der Waals surface area contributed by atoms with Gasteiger partial charge in [0.05, 0.1) is 24.5 Å². The van der Waals surface area contributed by atoms with Gasteiger partial charge in [-0.1, -0.05) is 37.2 Å². The SMILES string of the molecule is Cc1ccc(CNC(=O)C(CO[C@@H]2CCN(C(=O)C(C#N)=CC(C)C)C2)NC(=O)C(NC(=O)c2cc(C)no2)C(C)O)c(F)c1. The molecule has 0 aliphatic carbocycles. The van der Waals surface area contributed by atoms with Crippen molar-refractivity contribution in [1.82, 2.24) is 26.0 Å². The van der Waals surface area contributed by atoms with Crippen LogP contribution in [0, 0.1) is 36.9 Å². The first-order chi connectivity index (χ1) is 21.3. The lowest BCUT2D eigenvalue weighted by molar-refractivity contribution is -0.133. The molecule has 1 saturated heterocycles. The Kier molecular flexibility index (Phi) is 12.3. The summed E-state index contributed by atoms with van der Waals surface area (Å²) in [5, 5.41) is 30.8. The molecule has 13 nitrogen and oxygen atoms in total. The van der Waals surface area contributed by atoms with Crippen LogP contribution in [-0.2, 0) is 25.7 Å². The normalized spacial score (nSPS) is 16.9. The van der Waals surface area contributed by atoms with Gasteiger partial charge in [-0.15, -0.1) is 0 Å². The fourth-order valence-electron chi connectivity index (χ4n) is 4.57. The summed E-state index contributed by atoms with van der Waals surface area (Å²) >= 11 is 0. The molecule has 0 saturated carbocycles. The van der Waals surface area contributed by atoms with Crippen LogP contribution in [0.1, 0.15) is 54.6 Å². The van der Waals surface area contributed by atoms with Crippen LogP contribution in [-0.4, -0.2) is 82.8 Å². The zero-order valence-electron chi connectivity index (χ0n) is 25.9. The summed E-state index contributed by atoms with van der Waals surface area (Å²) in [5.41, 5.74) is 1.40. The number of aliphatic hydroxyl groups is 1. The summed E-state index contributed by atoms with van der Waals surface area (Å²) in [6, 6.07) is 5.04. The quantitative estimate of drug-likeness (QED) is 0.188. The molecular weight excluding hydrogens is 587 g/mol. The highest BCUT2D eigenvalue weighted by molar-refractivity contribution is 5.98. The van der Waals surface area contributed by atoms with Crippen LogP contribution in [0.3, 0.4) is 0 Å². The molecular formula is C31H39FN6O7. The molecule has 45 heavy (non-hydrogen) atoms. The van der Waals surface area contributed by atoms with Gasteiger partial charge >= 0.3 is 0 Å². The fourth-order valence-corrected chi connectivity index (χ4v) is 4.57. The molecule has 2 aromatic rings. The molecule has 4 N–H and O–H groups in total. The molecule has 4 amide bonds. The molecule has 1 aromatic heterocycles. The number of amides is 4. The number of nitrogens with zero attached hydrogens (tertiary/aromatic N) is 3. The van der Waals surface area contributed by atoms with Crippen molar-refractivity contribution in [2.75, 3.05) is 19.7 Å². The number of likely N-dealkylation sites (tertiary alicyclic amines) is 1. The zero-order chi connectivity index (χ0) is 33.3. The van der Waals surface area contributed by atoms with Crippen LogP contribution >= 0.6 is 0 Å². The average molecular weight is 627 g/mol. The second-order valence-corrected chi connectivity index (χ2v) is 11.3. The van der Waals surface area contributed by atoms with Crippen molar-refractivity contribution in [1.29, 1.82) is 5.26 Å². The lowest BCUT2D eigenvalue weighted by atomic mass is 10.1. The number of aryl methyl sites for hydroxylation is 2. The van der Waals surface area contributed by atoms with Crippen molar-refractivity contribution in [2.24, 2.45) is 5.92 Å². The largest absolute Gasteiger partial charge is 0.391 e. The average Bonchev–Trinajstić information content (AvgIpc) is 3.64. The van der Waals surface area contributed by atoms with Crippen molar-refractivity contribution < 1.29 is 37.9 Å². The first kappa shape index (κ1) is 34.9. The summed E-state index contributed by atoms with van der Waals surface area (Å²) in [5.74, 6) is -3.50. The molecule has 0 radical (unpaired) electrons. The van der Waals surface area contributed by atoms with Crippen molar-refractivity contribution >= 4 is 23.6 Å². The van der Waals surface area contributed by atoms with Gasteiger partial charge in [0, 0.05) is 31.3 Å². The van der Waals surface area contributed by atoms with E-state index in [1.165, 1.54) is 30.0 Å². The number of hydrogen-bond acceptors (Lipinski definition) is 9. The molecule has 3 unspecified atom stereocenters. The topological polar surface area (TPSA) is 187 Å². The van der Waals surface area contributed by atoms with Crippen LogP contribution in [0.4, 0.5) is 4.39 Å². The highest BCUT2D eigenvalue weighted by Gasteiger charge is 2.33. The standard InChI is InChI=1S/C31H39FN6O7/c1-17(2)10-22(13-33)31(43)38-9-8-23(15-38)44-16-25(28(40)34-14-21-7-6-18(3)11-24(21)32)35-30(42)27(20(5)39)36-29(41)26-12-19(4)37-45-26/h6-7,10-12,17,20,23,25,27,39H,8-9,14-16H2,1-5H3,(H,34,40)(H,35,42)(H,36,41)/t20?,23-,25?,27?/m1/s1. The van der Waals surface area contributed by atoms with Crippen LogP contribution in [0.5, 0.6) is 0 Å². The third-order valence-electron chi connectivity index (χ3n) is 6.98.